The normalized spacial score (nSPS) is 13.1. The van der Waals surface area contributed by atoms with Crippen molar-refractivity contribution in [2.45, 2.75) is 39.2 Å². The number of hydrogen-bond acceptors (Lipinski definition) is 6. The minimum Gasteiger partial charge on any atom is -0.301 e. The minimum absolute atomic E-state index is 0.0161. The molecule has 0 aliphatic heterocycles. The van der Waals surface area contributed by atoms with E-state index in [4.69, 9.17) is 0 Å². The average molecular weight is 333 g/mol. The Morgan fingerprint density at radius 2 is 2.17 bits per heavy atom. The van der Waals surface area contributed by atoms with Crippen molar-refractivity contribution in [3.8, 4) is 0 Å². The van der Waals surface area contributed by atoms with Crippen LogP contribution >= 0.6 is 11.3 Å². The lowest BCUT2D eigenvalue weighted by Crippen LogP contribution is -2.32. The van der Waals surface area contributed by atoms with Crippen LogP contribution in [0.15, 0.2) is 24.0 Å². The number of nitrogens with one attached hydrogen (secondary N) is 1. The molecule has 0 aliphatic rings. The standard InChI is InChI=1S/C16H23N5OS/c1-11(12-6-7-17-10-18-12)21(5)8-14(22)20-15-19-13(9-23-15)16(2,3)4/h6-7,9-11H,8H2,1-5H3,(H,19,20,22). The number of anilines is 1. The number of hydrogen-bond donors (Lipinski definition) is 1. The van der Waals surface area contributed by atoms with E-state index in [0.717, 1.165) is 11.4 Å². The van der Waals surface area contributed by atoms with Crippen LogP contribution in [-0.4, -0.2) is 39.4 Å². The molecule has 1 amide bonds. The second-order valence-corrected chi connectivity index (χ2v) is 7.42. The molecule has 0 saturated heterocycles. The van der Waals surface area contributed by atoms with Crippen LogP contribution in [0.4, 0.5) is 5.13 Å². The van der Waals surface area contributed by atoms with E-state index in [0.29, 0.717) is 5.13 Å². The van der Waals surface area contributed by atoms with Gasteiger partial charge in [-0.1, -0.05) is 20.8 Å². The van der Waals surface area contributed by atoms with E-state index >= 15 is 0 Å². The molecule has 1 unspecified atom stereocenters. The van der Waals surface area contributed by atoms with Gasteiger partial charge in [0.1, 0.15) is 6.33 Å². The predicted molar refractivity (Wildman–Crippen MR) is 92.5 cm³/mol. The van der Waals surface area contributed by atoms with E-state index in [2.05, 4.69) is 41.0 Å². The topological polar surface area (TPSA) is 71.0 Å². The van der Waals surface area contributed by atoms with Crippen molar-refractivity contribution < 1.29 is 4.79 Å². The molecule has 23 heavy (non-hydrogen) atoms. The first-order chi connectivity index (χ1) is 10.8. The van der Waals surface area contributed by atoms with Gasteiger partial charge in [0.05, 0.1) is 17.9 Å². The zero-order valence-electron chi connectivity index (χ0n) is 14.2. The Hall–Kier alpha value is -1.86. The van der Waals surface area contributed by atoms with E-state index in [1.54, 1.807) is 6.20 Å². The van der Waals surface area contributed by atoms with Crippen LogP contribution in [0, 0.1) is 0 Å². The number of carbonyl (C=O) groups is 1. The van der Waals surface area contributed by atoms with Crippen molar-refractivity contribution in [2.24, 2.45) is 0 Å². The summed E-state index contributed by atoms with van der Waals surface area (Å²) in [7, 11) is 1.90. The molecule has 1 atom stereocenters. The van der Waals surface area contributed by atoms with Gasteiger partial charge in [-0.2, -0.15) is 0 Å². The molecule has 0 radical (unpaired) electrons. The minimum atomic E-state index is -0.0804. The van der Waals surface area contributed by atoms with E-state index in [-0.39, 0.29) is 23.9 Å². The lowest BCUT2D eigenvalue weighted by Gasteiger charge is -2.23. The molecule has 2 aromatic heterocycles. The molecule has 6 nitrogen and oxygen atoms in total. The summed E-state index contributed by atoms with van der Waals surface area (Å²) in [4.78, 5) is 26.8. The summed E-state index contributed by atoms with van der Waals surface area (Å²) in [5, 5.41) is 5.50. The number of nitrogens with zero attached hydrogens (tertiary/aromatic N) is 4. The van der Waals surface area contributed by atoms with Crippen molar-refractivity contribution >= 4 is 22.4 Å². The van der Waals surface area contributed by atoms with Crippen LogP contribution in [0.25, 0.3) is 0 Å². The molecule has 0 spiro atoms. The summed E-state index contributed by atoms with van der Waals surface area (Å²) >= 11 is 1.45. The van der Waals surface area contributed by atoms with Crippen molar-refractivity contribution in [1.29, 1.82) is 0 Å². The molecular formula is C16H23N5OS. The molecule has 7 heteroatoms. The summed E-state index contributed by atoms with van der Waals surface area (Å²) in [6.45, 7) is 8.59. The molecule has 0 saturated carbocycles. The highest BCUT2D eigenvalue weighted by Crippen LogP contribution is 2.26. The van der Waals surface area contributed by atoms with Gasteiger partial charge in [0.15, 0.2) is 5.13 Å². The van der Waals surface area contributed by atoms with Gasteiger partial charge < -0.3 is 5.32 Å². The molecule has 0 aromatic carbocycles. The summed E-state index contributed by atoms with van der Waals surface area (Å²) < 4.78 is 0. The van der Waals surface area contributed by atoms with Gasteiger partial charge in [-0.3, -0.25) is 9.69 Å². The number of likely N-dealkylation sites (N-methyl/N-ethyl adjacent to an activating group) is 1. The third kappa shape index (κ3) is 4.80. The maximum atomic E-state index is 12.2. The molecule has 2 aromatic rings. The zero-order chi connectivity index (χ0) is 17.0. The van der Waals surface area contributed by atoms with Gasteiger partial charge in [-0.05, 0) is 20.0 Å². The molecule has 2 rings (SSSR count). The highest BCUT2D eigenvalue weighted by atomic mass is 32.1. The SMILES string of the molecule is CC(c1ccncn1)N(C)CC(=O)Nc1nc(C(C)(C)C)cs1. The maximum absolute atomic E-state index is 12.2. The molecule has 0 fully saturated rings. The van der Waals surface area contributed by atoms with Gasteiger partial charge in [0.25, 0.3) is 0 Å². The molecule has 1 N–H and O–H groups in total. The van der Waals surface area contributed by atoms with Crippen molar-refractivity contribution in [3.05, 3.63) is 35.4 Å². The highest BCUT2D eigenvalue weighted by Gasteiger charge is 2.19. The summed E-state index contributed by atoms with van der Waals surface area (Å²) in [6, 6.07) is 1.89. The van der Waals surface area contributed by atoms with E-state index < -0.39 is 0 Å². The number of rotatable bonds is 5. The first-order valence-electron chi connectivity index (χ1n) is 7.49. The molecule has 124 valence electrons. The number of aromatic nitrogens is 3. The molecule has 2 heterocycles. The third-order valence-electron chi connectivity index (χ3n) is 3.61. The molecule has 0 aliphatic carbocycles. The first-order valence-corrected chi connectivity index (χ1v) is 8.37. The predicted octanol–water partition coefficient (Wildman–Crippen LogP) is 2.86. The fourth-order valence-electron chi connectivity index (χ4n) is 1.97. The lowest BCUT2D eigenvalue weighted by atomic mass is 9.93. The monoisotopic (exact) mass is 333 g/mol. The van der Waals surface area contributed by atoms with Crippen molar-refractivity contribution in [2.75, 3.05) is 18.9 Å². The van der Waals surface area contributed by atoms with Gasteiger partial charge in [-0.15, -0.1) is 11.3 Å². The summed E-state index contributed by atoms with van der Waals surface area (Å²) in [6.07, 6.45) is 3.22. The van der Waals surface area contributed by atoms with Crippen LogP contribution in [0.2, 0.25) is 0 Å². The van der Waals surface area contributed by atoms with E-state index in [1.165, 1.54) is 17.7 Å². The van der Waals surface area contributed by atoms with Crippen LogP contribution < -0.4 is 5.32 Å². The van der Waals surface area contributed by atoms with Crippen molar-refractivity contribution in [1.82, 2.24) is 19.9 Å². The fourth-order valence-corrected chi connectivity index (χ4v) is 2.93. The van der Waals surface area contributed by atoms with Crippen LogP contribution in [0.1, 0.15) is 45.1 Å². The Morgan fingerprint density at radius 3 is 2.74 bits per heavy atom. The second kappa shape index (κ2) is 7.14. The maximum Gasteiger partial charge on any atom is 0.240 e. The van der Waals surface area contributed by atoms with Crippen LogP contribution in [0.5, 0.6) is 0 Å². The van der Waals surface area contributed by atoms with Gasteiger partial charge in [0.2, 0.25) is 5.91 Å². The smallest absolute Gasteiger partial charge is 0.240 e. The Morgan fingerprint density at radius 1 is 1.43 bits per heavy atom. The van der Waals surface area contributed by atoms with Gasteiger partial charge >= 0.3 is 0 Å². The molecular weight excluding hydrogens is 310 g/mol. The van der Waals surface area contributed by atoms with Crippen molar-refractivity contribution in [3.63, 3.8) is 0 Å². The Labute approximate surface area is 141 Å². The highest BCUT2D eigenvalue weighted by molar-refractivity contribution is 7.13. The van der Waals surface area contributed by atoms with E-state index in [9.17, 15) is 4.79 Å². The summed E-state index contributed by atoms with van der Waals surface area (Å²) in [5.74, 6) is -0.0804. The Kier molecular flexibility index (Phi) is 5.43. The Bertz CT molecular complexity index is 650. The number of carbonyl (C=O) groups excluding carboxylic acids is 1. The zero-order valence-corrected chi connectivity index (χ0v) is 15.0. The molecule has 0 bridgehead atoms. The quantitative estimate of drug-likeness (QED) is 0.911. The Balaban J connectivity index is 1.93. The number of amides is 1. The third-order valence-corrected chi connectivity index (χ3v) is 4.36. The lowest BCUT2D eigenvalue weighted by molar-refractivity contribution is -0.117. The first kappa shape index (κ1) is 17.5. The summed E-state index contributed by atoms with van der Waals surface area (Å²) in [5.41, 5.74) is 1.86. The van der Waals surface area contributed by atoms with E-state index in [1.807, 2.05) is 30.3 Å². The van der Waals surface area contributed by atoms with Crippen LogP contribution in [-0.2, 0) is 10.2 Å². The fraction of sp³-hybridized carbons (Fsp3) is 0.500. The van der Waals surface area contributed by atoms with Gasteiger partial charge in [-0.25, -0.2) is 15.0 Å². The number of thiazole rings is 1. The average Bonchev–Trinajstić information content (AvgIpc) is 2.95. The van der Waals surface area contributed by atoms with Crippen LogP contribution in [0.3, 0.4) is 0 Å². The largest absolute Gasteiger partial charge is 0.301 e. The second-order valence-electron chi connectivity index (χ2n) is 6.56. The van der Waals surface area contributed by atoms with Gasteiger partial charge in [0, 0.05) is 23.0 Å².